The number of amides is 1. The van der Waals surface area contributed by atoms with Crippen molar-refractivity contribution in [1.82, 2.24) is 4.90 Å². The first-order chi connectivity index (χ1) is 9.50. The molecule has 0 bridgehead atoms. The number of halogens is 2. The Kier molecular flexibility index (Phi) is 3.17. The predicted molar refractivity (Wildman–Crippen MR) is 69.8 cm³/mol. The predicted octanol–water partition coefficient (Wildman–Crippen LogP) is 2.62. The number of hydrogen-bond donors (Lipinski definition) is 1. The fourth-order valence-corrected chi connectivity index (χ4v) is 3.17. The molecular weight excluding hydrogens is 285 g/mol. The van der Waals surface area contributed by atoms with Crippen LogP contribution in [0.1, 0.15) is 30.9 Å². The van der Waals surface area contributed by atoms with Gasteiger partial charge in [-0.15, -0.1) is 0 Å². The van der Waals surface area contributed by atoms with Crippen molar-refractivity contribution in [3.63, 3.8) is 0 Å². The number of carbonyl (C=O) groups excluding carboxylic acids is 1. The number of likely N-dealkylation sites (tertiary alicyclic amines) is 1. The Hall–Kier alpha value is -1.62. The summed E-state index contributed by atoms with van der Waals surface area (Å²) >= 11 is 6.05. The highest BCUT2D eigenvalue weighted by Crippen LogP contribution is 2.47. The SMILES string of the molecule is O=C(O)C1CC(=O)N(C2CC2)C1c1c(F)cccc1Cl. The van der Waals surface area contributed by atoms with Crippen LogP contribution in [0.25, 0.3) is 0 Å². The number of carbonyl (C=O) groups is 2. The molecule has 6 heteroatoms. The zero-order valence-electron chi connectivity index (χ0n) is 10.6. The Labute approximate surface area is 120 Å². The van der Waals surface area contributed by atoms with Gasteiger partial charge in [-0.2, -0.15) is 0 Å². The summed E-state index contributed by atoms with van der Waals surface area (Å²) in [7, 11) is 0. The standard InChI is InChI=1S/C14H13ClFNO3/c15-9-2-1-3-10(16)12(9)13-8(14(19)20)6-11(18)17(13)7-4-5-7/h1-3,7-8,13H,4-6H2,(H,19,20). The molecule has 1 N–H and O–H groups in total. The first-order valence-corrected chi connectivity index (χ1v) is 6.86. The van der Waals surface area contributed by atoms with Crippen LogP contribution in [0.5, 0.6) is 0 Å². The zero-order valence-corrected chi connectivity index (χ0v) is 11.3. The molecule has 2 aliphatic rings. The van der Waals surface area contributed by atoms with E-state index in [9.17, 15) is 19.1 Å². The lowest BCUT2D eigenvalue weighted by molar-refractivity contribution is -0.142. The second kappa shape index (κ2) is 4.74. The molecule has 20 heavy (non-hydrogen) atoms. The largest absolute Gasteiger partial charge is 0.481 e. The van der Waals surface area contributed by atoms with Crippen LogP contribution in [0.4, 0.5) is 4.39 Å². The van der Waals surface area contributed by atoms with E-state index in [2.05, 4.69) is 0 Å². The maximum atomic E-state index is 14.1. The topological polar surface area (TPSA) is 57.6 Å². The van der Waals surface area contributed by atoms with Gasteiger partial charge in [0.25, 0.3) is 0 Å². The molecule has 4 nitrogen and oxygen atoms in total. The summed E-state index contributed by atoms with van der Waals surface area (Å²) in [6.07, 6.45) is 1.57. The van der Waals surface area contributed by atoms with Crippen molar-refractivity contribution in [2.75, 3.05) is 0 Å². The van der Waals surface area contributed by atoms with Gasteiger partial charge in [-0.1, -0.05) is 17.7 Å². The van der Waals surface area contributed by atoms with Gasteiger partial charge >= 0.3 is 5.97 Å². The molecule has 1 saturated carbocycles. The average Bonchev–Trinajstić information content (AvgIpc) is 3.14. The van der Waals surface area contributed by atoms with Crippen molar-refractivity contribution in [3.05, 3.63) is 34.6 Å². The van der Waals surface area contributed by atoms with Crippen LogP contribution in [-0.2, 0) is 9.59 Å². The van der Waals surface area contributed by atoms with Crippen LogP contribution in [0.15, 0.2) is 18.2 Å². The number of benzene rings is 1. The Morgan fingerprint density at radius 1 is 1.40 bits per heavy atom. The van der Waals surface area contributed by atoms with E-state index in [4.69, 9.17) is 11.6 Å². The Bertz CT molecular complexity index is 568. The van der Waals surface area contributed by atoms with Crippen molar-refractivity contribution < 1.29 is 19.1 Å². The normalized spacial score (nSPS) is 26.1. The average molecular weight is 298 g/mol. The molecule has 1 aliphatic heterocycles. The molecule has 1 aliphatic carbocycles. The Morgan fingerprint density at radius 2 is 2.10 bits per heavy atom. The molecule has 106 valence electrons. The lowest BCUT2D eigenvalue weighted by atomic mass is 9.93. The van der Waals surface area contributed by atoms with Gasteiger partial charge in [0, 0.05) is 23.0 Å². The van der Waals surface area contributed by atoms with Crippen molar-refractivity contribution in [3.8, 4) is 0 Å². The van der Waals surface area contributed by atoms with Gasteiger partial charge in [0.15, 0.2) is 0 Å². The summed E-state index contributed by atoms with van der Waals surface area (Å²) < 4.78 is 14.1. The molecule has 0 radical (unpaired) electrons. The monoisotopic (exact) mass is 297 g/mol. The summed E-state index contributed by atoms with van der Waals surface area (Å²) in [6.45, 7) is 0. The van der Waals surface area contributed by atoms with E-state index in [0.29, 0.717) is 0 Å². The Balaban J connectivity index is 2.10. The molecule has 1 saturated heterocycles. The van der Waals surface area contributed by atoms with Gasteiger partial charge in [-0.05, 0) is 25.0 Å². The third kappa shape index (κ3) is 2.06. The first kappa shape index (κ1) is 13.4. The number of carboxylic acids is 1. The van der Waals surface area contributed by atoms with Crippen LogP contribution in [0, 0.1) is 11.7 Å². The van der Waals surface area contributed by atoms with Crippen molar-refractivity contribution in [2.24, 2.45) is 5.92 Å². The van der Waals surface area contributed by atoms with Gasteiger partial charge in [-0.25, -0.2) is 4.39 Å². The summed E-state index contributed by atoms with van der Waals surface area (Å²) in [5.74, 6) is -2.83. The summed E-state index contributed by atoms with van der Waals surface area (Å²) in [5.41, 5.74) is 0.124. The van der Waals surface area contributed by atoms with E-state index in [1.807, 2.05) is 0 Å². The number of rotatable bonds is 3. The second-order valence-electron chi connectivity index (χ2n) is 5.26. The van der Waals surface area contributed by atoms with Gasteiger partial charge in [0.05, 0.1) is 12.0 Å². The quantitative estimate of drug-likeness (QED) is 0.933. The van der Waals surface area contributed by atoms with Crippen LogP contribution in [0.3, 0.4) is 0 Å². The van der Waals surface area contributed by atoms with Gasteiger partial charge in [0.1, 0.15) is 5.82 Å². The third-order valence-corrected chi connectivity index (χ3v) is 4.25. The number of aliphatic carboxylic acids is 1. The lowest BCUT2D eigenvalue weighted by Crippen LogP contribution is -2.33. The van der Waals surface area contributed by atoms with Crippen LogP contribution in [-0.4, -0.2) is 27.9 Å². The van der Waals surface area contributed by atoms with Gasteiger partial charge in [0.2, 0.25) is 5.91 Å². The van der Waals surface area contributed by atoms with Crippen LogP contribution < -0.4 is 0 Å². The third-order valence-electron chi connectivity index (χ3n) is 3.92. The highest BCUT2D eigenvalue weighted by Gasteiger charge is 2.51. The Morgan fingerprint density at radius 3 is 2.65 bits per heavy atom. The van der Waals surface area contributed by atoms with E-state index in [0.717, 1.165) is 12.8 Å². The van der Waals surface area contributed by atoms with E-state index in [1.54, 1.807) is 0 Å². The molecule has 2 unspecified atom stereocenters. The molecule has 1 aromatic carbocycles. The van der Waals surface area contributed by atoms with E-state index in [-0.39, 0.29) is 29.0 Å². The van der Waals surface area contributed by atoms with E-state index < -0.39 is 23.7 Å². The molecule has 3 rings (SSSR count). The minimum absolute atomic E-state index is 0.0209. The summed E-state index contributed by atoms with van der Waals surface area (Å²) in [4.78, 5) is 25.0. The van der Waals surface area contributed by atoms with Gasteiger partial charge in [-0.3, -0.25) is 9.59 Å². The fourth-order valence-electron chi connectivity index (χ4n) is 2.89. The van der Waals surface area contributed by atoms with Gasteiger partial charge < -0.3 is 10.0 Å². The molecule has 1 aromatic rings. The van der Waals surface area contributed by atoms with Crippen LogP contribution in [0.2, 0.25) is 5.02 Å². The minimum atomic E-state index is -1.09. The van der Waals surface area contributed by atoms with E-state index in [1.165, 1.54) is 23.1 Å². The molecular formula is C14H13ClFNO3. The maximum Gasteiger partial charge on any atom is 0.309 e. The molecule has 0 spiro atoms. The highest BCUT2D eigenvalue weighted by molar-refractivity contribution is 6.31. The first-order valence-electron chi connectivity index (χ1n) is 6.48. The highest BCUT2D eigenvalue weighted by atomic mass is 35.5. The number of carboxylic acid groups (broad SMARTS) is 1. The van der Waals surface area contributed by atoms with Crippen molar-refractivity contribution >= 4 is 23.5 Å². The molecule has 2 fully saturated rings. The molecule has 0 aromatic heterocycles. The fraction of sp³-hybridized carbons (Fsp3) is 0.429. The van der Waals surface area contributed by atoms with Crippen molar-refractivity contribution in [2.45, 2.75) is 31.3 Å². The van der Waals surface area contributed by atoms with Crippen molar-refractivity contribution in [1.29, 1.82) is 0 Å². The maximum absolute atomic E-state index is 14.1. The molecule has 1 amide bonds. The smallest absolute Gasteiger partial charge is 0.309 e. The number of nitrogens with zero attached hydrogens (tertiary/aromatic N) is 1. The second-order valence-corrected chi connectivity index (χ2v) is 5.67. The summed E-state index contributed by atoms with van der Waals surface area (Å²) in [5, 5.41) is 9.49. The molecule has 2 atom stereocenters. The zero-order chi connectivity index (χ0) is 14.4. The summed E-state index contributed by atoms with van der Waals surface area (Å²) in [6, 6.07) is 3.45. The molecule has 1 heterocycles. The minimum Gasteiger partial charge on any atom is -0.481 e. The van der Waals surface area contributed by atoms with E-state index >= 15 is 0 Å². The number of hydrogen-bond acceptors (Lipinski definition) is 2. The lowest BCUT2D eigenvalue weighted by Gasteiger charge is -2.28. The van der Waals surface area contributed by atoms with Crippen LogP contribution >= 0.6 is 11.6 Å².